The largest absolute Gasteiger partial charge is 0.0988 e. The van der Waals surface area contributed by atoms with E-state index in [-0.39, 0.29) is 0 Å². The molecule has 0 amide bonds. The van der Waals surface area contributed by atoms with Gasteiger partial charge in [-0.2, -0.15) is 0 Å². The summed E-state index contributed by atoms with van der Waals surface area (Å²) in [6.45, 7) is 11.8. The minimum absolute atomic E-state index is 1.05. The normalized spacial score (nSPS) is 12.2. The van der Waals surface area contributed by atoms with Gasteiger partial charge in [-0.3, -0.25) is 0 Å². The Morgan fingerprint density at radius 3 is 1.40 bits per heavy atom. The molecule has 0 unspecified atom stereocenters. The van der Waals surface area contributed by atoms with Crippen molar-refractivity contribution in [2.24, 2.45) is 0 Å². The minimum atomic E-state index is 1.05. The smallest absolute Gasteiger partial charge is 0.0305 e. The molecule has 0 saturated carbocycles. The Morgan fingerprint density at radius 1 is 1.00 bits per heavy atom. The minimum Gasteiger partial charge on any atom is -0.0988 e. The fraction of sp³-hybridized carbons (Fsp3) is 0.400. The molecule has 10 heavy (non-hydrogen) atoms. The molecule has 0 aromatic rings. The van der Waals surface area contributed by atoms with Crippen LogP contribution in [0.2, 0.25) is 0 Å². The van der Waals surface area contributed by atoms with E-state index in [1.165, 1.54) is 11.1 Å². The fourth-order valence-corrected chi connectivity index (χ4v) is 1.00. The third-order valence-corrected chi connectivity index (χ3v) is 1.67. The van der Waals surface area contributed by atoms with Crippen molar-refractivity contribution in [1.29, 1.82) is 0 Å². The van der Waals surface area contributed by atoms with Gasteiger partial charge in [0.05, 0.1) is 0 Å². The van der Waals surface area contributed by atoms with Crippen LogP contribution in [0.3, 0.4) is 0 Å². The van der Waals surface area contributed by atoms with E-state index < -0.39 is 0 Å². The second-order valence-corrected chi connectivity index (χ2v) is 2.17. The van der Waals surface area contributed by atoms with E-state index in [9.17, 15) is 0 Å². The second-order valence-electron chi connectivity index (χ2n) is 2.17. The summed E-state index contributed by atoms with van der Waals surface area (Å²) in [5.74, 6) is 0. The summed E-state index contributed by atoms with van der Waals surface area (Å²) in [7, 11) is 0. The lowest BCUT2D eigenvalue weighted by atomic mass is 10.0. The molecule has 0 fully saturated rings. The van der Waals surface area contributed by atoms with E-state index in [2.05, 4.69) is 27.0 Å². The molecule has 0 aromatic heterocycles. The van der Waals surface area contributed by atoms with E-state index in [0.29, 0.717) is 0 Å². The zero-order valence-electron chi connectivity index (χ0n) is 6.98. The lowest BCUT2D eigenvalue weighted by Gasteiger charge is -2.02. The summed E-state index contributed by atoms with van der Waals surface area (Å²) in [6, 6.07) is 0. The summed E-state index contributed by atoms with van der Waals surface area (Å²) in [5.41, 5.74) is 2.63. The highest BCUT2D eigenvalue weighted by molar-refractivity contribution is 5.30. The van der Waals surface area contributed by atoms with E-state index >= 15 is 0 Å². The zero-order valence-corrected chi connectivity index (χ0v) is 6.98. The van der Waals surface area contributed by atoms with Gasteiger partial charge in [-0.15, -0.1) is 0 Å². The molecule has 56 valence electrons. The van der Waals surface area contributed by atoms with Crippen molar-refractivity contribution in [2.75, 3.05) is 0 Å². The molecule has 0 heteroatoms. The third kappa shape index (κ3) is 2.22. The summed E-state index contributed by atoms with van der Waals surface area (Å²) in [5, 5.41) is 0. The summed E-state index contributed by atoms with van der Waals surface area (Å²) >= 11 is 0. The van der Waals surface area contributed by atoms with Crippen LogP contribution < -0.4 is 0 Å². The van der Waals surface area contributed by atoms with Gasteiger partial charge in [0.1, 0.15) is 0 Å². The summed E-state index contributed by atoms with van der Waals surface area (Å²) < 4.78 is 0. The Hall–Kier alpha value is -0.780. The van der Waals surface area contributed by atoms with E-state index in [1.807, 2.05) is 12.2 Å². The van der Waals surface area contributed by atoms with Crippen molar-refractivity contribution < 1.29 is 0 Å². The number of hydrogen-bond donors (Lipinski definition) is 0. The molecule has 0 aliphatic carbocycles. The van der Waals surface area contributed by atoms with Crippen LogP contribution in [0.25, 0.3) is 0 Å². The number of rotatable bonds is 4. The number of allylic oxidation sites excluding steroid dienone is 4. The Balaban J connectivity index is 4.50. The Labute approximate surface area is 64.0 Å². The zero-order chi connectivity index (χ0) is 7.98. The predicted octanol–water partition coefficient (Wildman–Crippen LogP) is 3.48. The van der Waals surface area contributed by atoms with E-state index in [4.69, 9.17) is 0 Å². The highest BCUT2D eigenvalue weighted by Crippen LogP contribution is 2.13. The Bertz CT molecular complexity index is 131. The van der Waals surface area contributed by atoms with Crippen LogP contribution >= 0.6 is 0 Å². The molecule has 0 radical (unpaired) electrons. The van der Waals surface area contributed by atoms with Crippen LogP contribution in [0.5, 0.6) is 0 Å². The third-order valence-electron chi connectivity index (χ3n) is 1.67. The van der Waals surface area contributed by atoms with Gasteiger partial charge in [0.2, 0.25) is 0 Å². The van der Waals surface area contributed by atoms with E-state index in [0.717, 1.165) is 12.8 Å². The molecule has 0 aliphatic heterocycles. The molecule has 0 atom stereocenters. The van der Waals surface area contributed by atoms with Crippen molar-refractivity contribution in [3.63, 3.8) is 0 Å². The molecule has 0 saturated heterocycles. The Morgan fingerprint density at radius 2 is 1.30 bits per heavy atom. The topological polar surface area (TPSA) is 0 Å². The molecular weight excluding hydrogens is 120 g/mol. The van der Waals surface area contributed by atoms with Crippen molar-refractivity contribution in [3.05, 3.63) is 36.5 Å². The highest BCUT2D eigenvalue weighted by atomic mass is 14.0. The lowest BCUT2D eigenvalue weighted by molar-refractivity contribution is 1.05. The average Bonchev–Trinajstić information content (AvgIpc) is 2.00. The van der Waals surface area contributed by atoms with Gasteiger partial charge in [-0.1, -0.05) is 39.2 Å². The second kappa shape index (κ2) is 5.04. The van der Waals surface area contributed by atoms with E-state index in [1.54, 1.807) is 0 Å². The summed E-state index contributed by atoms with van der Waals surface area (Å²) in [4.78, 5) is 0. The van der Waals surface area contributed by atoms with Crippen LogP contribution in [0.15, 0.2) is 36.5 Å². The first-order valence-corrected chi connectivity index (χ1v) is 3.77. The van der Waals surface area contributed by atoms with Crippen LogP contribution in [0.1, 0.15) is 26.7 Å². The van der Waals surface area contributed by atoms with Gasteiger partial charge >= 0.3 is 0 Å². The first-order chi connectivity index (χ1) is 4.79. The van der Waals surface area contributed by atoms with Crippen LogP contribution in [-0.4, -0.2) is 0 Å². The van der Waals surface area contributed by atoms with Crippen molar-refractivity contribution >= 4 is 0 Å². The molecule has 0 rings (SSSR count). The first-order valence-electron chi connectivity index (χ1n) is 3.77. The molecule has 0 aromatic carbocycles. The summed E-state index contributed by atoms with van der Waals surface area (Å²) in [6.07, 6.45) is 5.94. The van der Waals surface area contributed by atoms with Gasteiger partial charge in [0.15, 0.2) is 0 Å². The molecule has 0 heterocycles. The van der Waals surface area contributed by atoms with Gasteiger partial charge in [0, 0.05) is 0 Å². The monoisotopic (exact) mass is 136 g/mol. The molecule has 0 bridgehead atoms. The van der Waals surface area contributed by atoms with Gasteiger partial charge < -0.3 is 0 Å². The Kier molecular flexibility index (Phi) is 4.65. The van der Waals surface area contributed by atoms with Crippen molar-refractivity contribution in [2.45, 2.75) is 26.7 Å². The van der Waals surface area contributed by atoms with Gasteiger partial charge in [-0.05, 0) is 24.0 Å². The lowest BCUT2D eigenvalue weighted by Crippen LogP contribution is -1.82. The highest BCUT2D eigenvalue weighted by Gasteiger charge is 1.93. The number of hydrogen-bond acceptors (Lipinski definition) is 0. The maximum Gasteiger partial charge on any atom is -0.0305 e. The predicted molar refractivity (Wildman–Crippen MR) is 48.0 cm³/mol. The maximum atomic E-state index is 3.74. The maximum absolute atomic E-state index is 3.74. The molecule has 0 aliphatic rings. The molecular formula is C10H16. The van der Waals surface area contributed by atoms with Crippen LogP contribution in [-0.2, 0) is 0 Å². The average molecular weight is 136 g/mol. The molecule has 0 nitrogen and oxygen atoms in total. The first kappa shape index (κ1) is 9.22. The molecule has 0 spiro atoms. The van der Waals surface area contributed by atoms with Crippen LogP contribution in [0, 0.1) is 0 Å². The van der Waals surface area contributed by atoms with Crippen LogP contribution in [0.4, 0.5) is 0 Å². The fourth-order valence-electron chi connectivity index (χ4n) is 1.00. The standard InChI is InChI=1S/C10H16/c1-5-9(6-2)10(7-3)8-4/h5,7H,1,3,6,8H2,2,4H3. The van der Waals surface area contributed by atoms with Gasteiger partial charge in [-0.25, -0.2) is 0 Å². The quantitative estimate of drug-likeness (QED) is 0.519. The van der Waals surface area contributed by atoms with Crippen molar-refractivity contribution in [1.82, 2.24) is 0 Å². The molecule has 0 N–H and O–H groups in total. The van der Waals surface area contributed by atoms with Crippen molar-refractivity contribution in [3.8, 4) is 0 Å². The van der Waals surface area contributed by atoms with Gasteiger partial charge in [0.25, 0.3) is 0 Å². The SMILES string of the molecule is C=CC(CC)=C(C=C)CC.